The van der Waals surface area contributed by atoms with Gasteiger partial charge >= 0.3 is 0 Å². The van der Waals surface area contributed by atoms with Crippen molar-refractivity contribution in [3.05, 3.63) is 65.2 Å². The third-order valence-corrected chi connectivity index (χ3v) is 5.19. The van der Waals surface area contributed by atoms with Crippen molar-refractivity contribution in [1.29, 1.82) is 0 Å². The van der Waals surface area contributed by atoms with Gasteiger partial charge in [-0.3, -0.25) is 0 Å². The van der Waals surface area contributed by atoms with Crippen LogP contribution >= 0.6 is 11.3 Å². The fraction of sp³-hybridized carbons (Fsp3) is 0.190. The lowest BCUT2D eigenvalue weighted by molar-refractivity contribution is 0.340. The van der Waals surface area contributed by atoms with Crippen LogP contribution in [0.15, 0.2) is 53.9 Å². The van der Waals surface area contributed by atoms with E-state index in [4.69, 9.17) is 9.72 Å². The van der Waals surface area contributed by atoms with E-state index in [1.165, 1.54) is 5.56 Å². The maximum Gasteiger partial charge on any atom is 0.146 e. The number of benzene rings is 2. The van der Waals surface area contributed by atoms with Crippen molar-refractivity contribution < 1.29 is 4.74 Å². The Bertz CT molecular complexity index is 1050. The summed E-state index contributed by atoms with van der Waals surface area (Å²) in [6, 6.07) is 16.2. The van der Waals surface area contributed by atoms with Gasteiger partial charge in [-0.2, -0.15) is 0 Å². The van der Waals surface area contributed by atoms with Gasteiger partial charge in [0.2, 0.25) is 0 Å². The molecular formula is C21H20N4OS. The molecule has 0 spiro atoms. The molecule has 0 unspecified atom stereocenters. The molecule has 0 saturated heterocycles. The van der Waals surface area contributed by atoms with Crippen molar-refractivity contribution in [2.75, 3.05) is 6.61 Å². The highest BCUT2D eigenvalue weighted by atomic mass is 32.1. The molecule has 6 heteroatoms. The number of aromatic nitrogens is 4. The van der Waals surface area contributed by atoms with Crippen molar-refractivity contribution in [3.8, 4) is 33.4 Å². The Hall–Kier alpha value is -2.99. The first-order valence-electron chi connectivity index (χ1n) is 8.84. The summed E-state index contributed by atoms with van der Waals surface area (Å²) in [5.74, 6) is 0.849. The normalized spacial score (nSPS) is 10.9. The molecule has 0 aliphatic rings. The minimum Gasteiger partial charge on any atom is -0.494 e. The zero-order valence-electron chi connectivity index (χ0n) is 15.5. The first-order valence-corrected chi connectivity index (χ1v) is 9.72. The second-order valence-corrected chi connectivity index (χ2v) is 7.12. The molecule has 0 aliphatic heterocycles. The highest BCUT2D eigenvalue weighted by Crippen LogP contribution is 2.30. The van der Waals surface area contributed by atoms with Gasteiger partial charge < -0.3 is 4.74 Å². The smallest absolute Gasteiger partial charge is 0.146 e. The van der Waals surface area contributed by atoms with Crippen LogP contribution in [0.2, 0.25) is 0 Å². The maximum atomic E-state index is 5.50. The summed E-state index contributed by atoms with van der Waals surface area (Å²) in [6.07, 6.45) is 0. The Balaban J connectivity index is 1.63. The van der Waals surface area contributed by atoms with E-state index in [9.17, 15) is 0 Å². The van der Waals surface area contributed by atoms with Gasteiger partial charge in [0, 0.05) is 10.9 Å². The molecule has 4 rings (SSSR count). The summed E-state index contributed by atoms with van der Waals surface area (Å²) in [7, 11) is 0. The minimum absolute atomic E-state index is 0.652. The van der Waals surface area contributed by atoms with Crippen LogP contribution in [0.5, 0.6) is 5.75 Å². The molecule has 0 amide bonds. The molecule has 0 radical (unpaired) electrons. The third kappa shape index (κ3) is 3.48. The van der Waals surface area contributed by atoms with Crippen LogP contribution in [0.3, 0.4) is 0 Å². The lowest BCUT2D eigenvalue weighted by Crippen LogP contribution is -1.99. The van der Waals surface area contributed by atoms with E-state index in [2.05, 4.69) is 46.9 Å². The van der Waals surface area contributed by atoms with Crippen LogP contribution in [-0.2, 0) is 0 Å². The van der Waals surface area contributed by atoms with Crippen molar-refractivity contribution >= 4 is 11.3 Å². The Kier molecular flexibility index (Phi) is 4.73. The predicted molar refractivity (Wildman–Crippen MR) is 109 cm³/mol. The maximum absolute atomic E-state index is 5.50. The zero-order chi connectivity index (χ0) is 18.8. The number of aryl methyl sites for hydroxylation is 1. The van der Waals surface area contributed by atoms with E-state index in [0.717, 1.165) is 39.1 Å². The van der Waals surface area contributed by atoms with Crippen LogP contribution in [0, 0.1) is 13.8 Å². The Morgan fingerprint density at radius 2 is 1.74 bits per heavy atom. The topological polar surface area (TPSA) is 52.8 Å². The molecule has 2 heterocycles. The number of hydrogen-bond acceptors (Lipinski definition) is 5. The summed E-state index contributed by atoms with van der Waals surface area (Å²) >= 11 is 1.59. The Morgan fingerprint density at radius 1 is 1.00 bits per heavy atom. The average molecular weight is 376 g/mol. The van der Waals surface area contributed by atoms with E-state index in [1.54, 1.807) is 11.3 Å². The van der Waals surface area contributed by atoms with Gasteiger partial charge in [0.25, 0.3) is 0 Å². The predicted octanol–water partition coefficient (Wildman–Crippen LogP) is 5.07. The number of rotatable bonds is 5. The van der Waals surface area contributed by atoms with Crippen molar-refractivity contribution in [2.24, 2.45) is 0 Å². The second kappa shape index (κ2) is 7.32. The van der Waals surface area contributed by atoms with E-state index in [0.29, 0.717) is 6.61 Å². The fourth-order valence-electron chi connectivity index (χ4n) is 2.86. The molecule has 0 atom stereocenters. The van der Waals surface area contributed by atoms with Crippen molar-refractivity contribution in [1.82, 2.24) is 20.0 Å². The lowest BCUT2D eigenvalue weighted by atomic mass is 10.1. The first-order chi connectivity index (χ1) is 13.2. The van der Waals surface area contributed by atoms with Gasteiger partial charge in [0.1, 0.15) is 16.5 Å². The SMILES string of the molecule is CCOc1ccc(-n2nnc(-c3nc(-c4ccc(C)cc4)cs3)c2C)cc1. The number of hydrogen-bond donors (Lipinski definition) is 0. The number of nitrogens with zero attached hydrogens (tertiary/aromatic N) is 4. The molecule has 0 aliphatic carbocycles. The largest absolute Gasteiger partial charge is 0.494 e. The van der Waals surface area contributed by atoms with E-state index < -0.39 is 0 Å². The summed E-state index contributed by atoms with van der Waals surface area (Å²) in [6.45, 7) is 6.72. The van der Waals surface area contributed by atoms with Crippen LogP contribution < -0.4 is 4.74 Å². The molecule has 5 nitrogen and oxygen atoms in total. The fourth-order valence-corrected chi connectivity index (χ4v) is 3.72. The molecule has 0 bridgehead atoms. The van der Waals surface area contributed by atoms with E-state index >= 15 is 0 Å². The standard InChI is InChI=1S/C21H20N4OS/c1-4-26-18-11-9-17(10-12-18)25-15(3)20(23-24-25)21-22-19(13-27-21)16-7-5-14(2)6-8-16/h5-13H,4H2,1-3H3. The molecule has 0 fully saturated rings. The van der Waals surface area contributed by atoms with Gasteiger partial charge in [0.15, 0.2) is 0 Å². The van der Waals surface area contributed by atoms with E-state index in [1.807, 2.05) is 42.8 Å². The molecular weight excluding hydrogens is 356 g/mol. The van der Waals surface area contributed by atoms with Gasteiger partial charge in [-0.25, -0.2) is 9.67 Å². The highest BCUT2D eigenvalue weighted by Gasteiger charge is 2.16. The molecule has 2 aromatic carbocycles. The van der Waals surface area contributed by atoms with Crippen LogP contribution in [0.25, 0.3) is 27.6 Å². The molecule has 136 valence electrons. The van der Waals surface area contributed by atoms with Crippen molar-refractivity contribution in [2.45, 2.75) is 20.8 Å². The van der Waals surface area contributed by atoms with Crippen LogP contribution in [0.1, 0.15) is 18.2 Å². The van der Waals surface area contributed by atoms with Crippen LogP contribution in [-0.4, -0.2) is 26.6 Å². The molecule has 27 heavy (non-hydrogen) atoms. The van der Waals surface area contributed by atoms with Gasteiger partial charge in [-0.15, -0.1) is 16.4 Å². The van der Waals surface area contributed by atoms with Gasteiger partial charge in [-0.1, -0.05) is 35.0 Å². The summed E-state index contributed by atoms with van der Waals surface area (Å²) in [4.78, 5) is 4.77. The average Bonchev–Trinajstić information content (AvgIpc) is 3.30. The third-order valence-electron chi connectivity index (χ3n) is 4.34. The summed E-state index contributed by atoms with van der Waals surface area (Å²) in [5.41, 5.74) is 6.04. The zero-order valence-corrected chi connectivity index (χ0v) is 16.3. The highest BCUT2D eigenvalue weighted by molar-refractivity contribution is 7.13. The second-order valence-electron chi connectivity index (χ2n) is 6.27. The quantitative estimate of drug-likeness (QED) is 0.488. The van der Waals surface area contributed by atoms with Gasteiger partial charge in [0.05, 0.1) is 23.7 Å². The summed E-state index contributed by atoms with van der Waals surface area (Å²) < 4.78 is 7.33. The van der Waals surface area contributed by atoms with Crippen molar-refractivity contribution in [3.63, 3.8) is 0 Å². The molecule has 0 saturated carbocycles. The molecule has 0 N–H and O–H groups in total. The minimum atomic E-state index is 0.652. The Morgan fingerprint density at radius 3 is 2.44 bits per heavy atom. The monoisotopic (exact) mass is 376 g/mol. The number of thiazole rings is 1. The number of ether oxygens (including phenoxy) is 1. The lowest BCUT2D eigenvalue weighted by Gasteiger charge is -2.06. The Labute approximate surface area is 162 Å². The van der Waals surface area contributed by atoms with Gasteiger partial charge in [-0.05, 0) is 45.0 Å². The molecule has 4 aromatic rings. The first kappa shape index (κ1) is 17.4. The summed E-state index contributed by atoms with van der Waals surface area (Å²) in [5, 5.41) is 11.6. The van der Waals surface area contributed by atoms with Crippen LogP contribution in [0.4, 0.5) is 0 Å². The van der Waals surface area contributed by atoms with E-state index in [-0.39, 0.29) is 0 Å². The molecule has 2 aromatic heterocycles.